The number of carbonyl (C=O) groups excluding carboxylic acids is 1. The molecule has 0 N–H and O–H groups in total. The lowest BCUT2D eigenvalue weighted by Crippen LogP contribution is -2.36. The molecule has 1 aliphatic rings. The van der Waals surface area contributed by atoms with Crippen molar-refractivity contribution in [3.8, 4) is 17.6 Å². The van der Waals surface area contributed by atoms with E-state index in [0.29, 0.717) is 22.7 Å². The molecule has 4 nitrogen and oxygen atoms in total. The van der Waals surface area contributed by atoms with E-state index in [1.807, 2.05) is 30.3 Å². The average molecular weight is 462 g/mol. The monoisotopic (exact) mass is 461 g/mol. The summed E-state index contributed by atoms with van der Waals surface area (Å²) < 4.78 is 19.7. The number of fused-ring (bicyclic) bond motifs is 1. The van der Waals surface area contributed by atoms with Crippen LogP contribution >= 0.6 is 11.6 Å². The molecule has 0 aliphatic carbocycles. The molecule has 0 radical (unpaired) electrons. The Hall–Kier alpha value is -3.17. The highest BCUT2D eigenvalue weighted by molar-refractivity contribution is 7.97. The zero-order valence-electron chi connectivity index (χ0n) is 17.6. The number of methoxy groups -OCH3 is 1. The summed E-state index contributed by atoms with van der Waals surface area (Å²) in [5.74, 6) is 6.82. The summed E-state index contributed by atoms with van der Waals surface area (Å²) in [6.45, 7) is 0. The SMILES string of the molecule is COc1ccc(CC#Cc2ccc3c(c2)C(=O)/C(=C\c2ccc(Cl)cc2)[S+]([O-])N3C)cc1. The Kier molecular flexibility index (Phi) is 6.57. The van der Waals surface area contributed by atoms with Gasteiger partial charge in [-0.1, -0.05) is 47.7 Å². The van der Waals surface area contributed by atoms with Crippen LogP contribution < -0.4 is 9.04 Å². The molecule has 1 unspecified atom stereocenters. The third-order valence-corrected chi connectivity index (χ3v) is 6.72. The van der Waals surface area contributed by atoms with Crippen molar-refractivity contribution in [2.24, 2.45) is 0 Å². The second-order valence-electron chi connectivity index (χ2n) is 7.19. The summed E-state index contributed by atoms with van der Waals surface area (Å²) in [6, 6.07) is 20.2. The van der Waals surface area contributed by atoms with Crippen molar-refractivity contribution < 1.29 is 14.1 Å². The summed E-state index contributed by atoms with van der Waals surface area (Å²) in [4.78, 5) is 13.4. The van der Waals surface area contributed by atoms with E-state index < -0.39 is 11.4 Å². The molecule has 160 valence electrons. The Morgan fingerprint density at radius 2 is 1.81 bits per heavy atom. The maximum Gasteiger partial charge on any atom is 0.245 e. The van der Waals surface area contributed by atoms with Crippen LogP contribution in [0.4, 0.5) is 5.69 Å². The molecule has 0 saturated carbocycles. The molecule has 0 amide bonds. The molecule has 0 fully saturated rings. The molecular formula is C26H20ClNO3S. The predicted molar refractivity (Wildman–Crippen MR) is 130 cm³/mol. The minimum absolute atomic E-state index is 0.227. The first-order chi connectivity index (χ1) is 15.5. The van der Waals surface area contributed by atoms with E-state index in [4.69, 9.17) is 16.3 Å². The van der Waals surface area contributed by atoms with Gasteiger partial charge >= 0.3 is 0 Å². The number of hydrogen-bond donors (Lipinski definition) is 0. The van der Waals surface area contributed by atoms with Crippen LogP contribution in [0.5, 0.6) is 5.75 Å². The third-order valence-electron chi connectivity index (χ3n) is 5.09. The number of hydrogen-bond acceptors (Lipinski definition) is 4. The molecule has 0 spiro atoms. The number of rotatable bonds is 3. The van der Waals surface area contributed by atoms with Crippen molar-refractivity contribution in [1.29, 1.82) is 0 Å². The van der Waals surface area contributed by atoms with Gasteiger partial charge in [0.25, 0.3) is 0 Å². The van der Waals surface area contributed by atoms with Gasteiger partial charge < -0.3 is 9.29 Å². The second kappa shape index (κ2) is 9.54. The number of nitrogens with zero attached hydrogens (tertiary/aromatic N) is 1. The molecule has 0 bridgehead atoms. The molecule has 3 aromatic rings. The summed E-state index contributed by atoms with van der Waals surface area (Å²) in [6.07, 6.45) is 2.23. The third kappa shape index (κ3) is 4.68. The van der Waals surface area contributed by atoms with Gasteiger partial charge in [0.05, 0.1) is 25.4 Å². The van der Waals surface area contributed by atoms with Gasteiger partial charge in [-0.3, -0.25) is 4.79 Å². The highest BCUT2D eigenvalue weighted by Gasteiger charge is 2.38. The topological polar surface area (TPSA) is 52.6 Å². The number of carbonyl (C=O) groups is 1. The van der Waals surface area contributed by atoms with Gasteiger partial charge in [-0.15, -0.1) is 0 Å². The van der Waals surface area contributed by atoms with Gasteiger partial charge in [-0.05, 0) is 53.6 Å². The number of anilines is 1. The van der Waals surface area contributed by atoms with Crippen molar-refractivity contribution in [2.75, 3.05) is 18.5 Å². The quantitative estimate of drug-likeness (QED) is 0.302. The average Bonchev–Trinajstić information content (AvgIpc) is 2.82. The highest BCUT2D eigenvalue weighted by Crippen LogP contribution is 2.35. The predicted octanol–water partition coefficient (Wildman–Crippen LogP) is 5.28. The fourth-order valence-electron chi connectivity index (χ4n) is 3.34. The number of halogens is 1. The van der Waals surface area contributed by atoms with Crippen LogP contribution in [0.25, 0.3) is 6.08 Å². The highest BCUT2D eigenvalue weighted by atomic mass is 35.5. The van der Waals surface area contributed by atoms with Crippen molar-refractivity contribution in [1.82, 2.24) is 0 Å². The molecular weight excluding hydrogens is 442 g/mol. The van der Waals surface area contributed by atoms with Crippen molar-refractivity contribution in [3.05, 3.63) is 98.9 Å². The number of allylic oxidation sites excluding steroid dienone is 1. The van der Waals surface area contributed by atoms with Crippen LogP contribution in [0.2, 0.25) is 5.02 Å². The summed E-state index contributed by atoms with van der Waals surface area (Å²) in [7, 11) is 3.35. The smallest absolute Gasteiger partial charge is 0.245 e. The number of ether oxygens (including phenoxy) is 1. The fraction of sp³-hybridized carbons (Fsp3) is 0.115. The normalized spacial score (nSPS) is 16.4. The number of Topliss-reactive ketones (excluding diaryl/α,β-unsaturated/α-hetero) is 1. The molecule has 6 heteroatoms. The van der Waals surface area contributed by atoms with E-state index in [-0.39, 0.29) is 10.7 Å². The Morgan fingerprint density at radius 1 is 1.09 bits per heavy atom. The van der Waals surface area contributed by atoms with Gasteiger partial charge in [0.2, 0.25) is 10.7 Å². The second-order valence-corrected chi connectivity index (χ2v) is 9.12. The lowest BCUT2D eigenvalue weighted by Gasteiger charge is -2.29. The van der Waals surface area contributed by atoms with Crippen molar-refractivity contribution in [2.45, 2.75) is 6.42 Å². The summed E-state index contributed by atoms with van der Waals surface area (Å²) in [5.41, 5.74) is 3.69. The van der Waals surface area contributed by atoms with E-state index >= 15 is 0 Å². The van der Waals surface area contributed by atoms with Crippen molar-refractivity contribution in [3.63, 3.8) is 0 Å². The lowest BCUT2D eigenvalue weighted by atomic mass is 10.0. The van der Waals surface area contributed by atoms with Crippen molar-refractivity contribution >= 4 is 40.5 Å². The van der Waals surface area contributed by atoms with Gasteiger partial charge in [-0.25, -0.2) is 0 Å². The maximum atomic E-state index is 13.2. The van der Waals surface area contributed by atoms with Crippen LogP contribution in [-0.4, -0.2) is 24.5 Å². The van der Waals surface area contributed by atoms with E-state index in [1.165, 1.54) is 0 Å². The van der Waals surface area contributed by atoms with E-state index in [0.717, 1.165) is 22.4 Å². The minimum atomic E-state index is -1.59. The first-order valence-electron chi connectivity index (χ1n) is 9.89. The summed E-state index contributed by atoms with van der Waals surface area (Å²) >= 11 is 4.35. The largest absolute Gasteiger partial charge is 0.588 e. The number of ketones is 1. The zero-order chi connectivity index (χ0) is 22.7. The first-order valence-corrected chi connectivity index (χ1v) is 11.4. The molecule has 1 aliphatic heterocycles. The minimum Gasteiger partial charge on any atom is -0.588 e. The van der Waals surface area contributed by atoms with Crippen LogP contribution in [-0.2, 0) is 17.8 Å². The molecule has 3 aromatic carbocycles. The lowest BCUT2D eigenvalue weighted by molar-refractivity contribution is 0.104. The van der Waals surface area contributed by atoms with Gasteiger partial charge in [0, 0.05) is 23.1 Å². The van der Waals surface area contributed by atoms with Crippen LogP contribution in [0, 0.1) is 11.8 Å². The Labute approximate surface area is 195 Å². The molecule has 1 atom stereocenters. The standard InChI is InChI=1S/C26H20ClNO3S/c1-28-24-15-10-19(5-3-4-18-8-13-22(31-2)14-9-18)16-23(24)26(29)25(32(28)30)17-20-6-11-21(27)12-7-20/h6-17H,4H2,1-2H3/b25-17+. The van der Waals surface area contributed by atoms with Crippen LogP contribution in [0.15, 0.2) is 71.6 Å². The fourth-order valence-corrected chi connectivity index (χ4v) is 4.60. The first kappa shape index (κ1) is 22.0. The zero-order valence-corrected chi connectivity index (χ0v) is 19.2. The maximum absolute atomic E-state index is 13.2. The Morgan fingerprint density at radius 3 is 2.50 bits per heavy atom. The number of benzene rings is 3. The van der Waals surface area contributed by atoms with E-state index in [1.54, 1.807) is 60.9 Å². The van der Waals surface area contributed by atoms with Crippen LogP contribution in [0.3, 0.4) is 0 Å². The molecule has 32 heavy (non-hydrogen) atoms. The molecule has 0 saturated heterocycles. The molecule has 4 rings (SSSR count). The Bertz CT molecular complexity index is 1240. The summed E-state index contributed by atoms with van der Waals surface area (Å²) in [5, 5.41) is 0.601. The Balaban J connectivity index is 1.60. The van der Waals surface area contributed by atoms with E-state index in [2.05, 4.69) is 11.8 Å². The molecule has 0 aromatic heterocycles. The van der Waals surface area contributed by atoms with Gasteiger partial charge in [-0.2, -0.15) is 4.31 Å². The van der Waals surface area contributed by atoms with Crippen LogP contribution in [0.1, 0.15) is 27.0 Å². The van der Waals surface area contributed by atoms with E-state index in [9.17, 15) is 9.35 Å². The van der Waals surface area contributed by atoms with Gasteiger partial charge in [0.15, 0.2) is 0 Å². The molecule has 1 heterocycles. The van der Waals surface area contributed by atoms with Gasteiger partial charge in [0.1, 0.15) is 17.1 Å².